The molecule has 7 heteroatoms. The normalized spacial score (nSPS) is 11.5. The van der Waals surface area contributed by atoms with E-state index in [1.54, 1.807) is 38.1 Å². The van der Waals surface area contributed by atoms with Gasteiger partial charge in [0.05, 0.1) is 5.69 Å². The van der Waals surface area contributed by atoms with Crippen molar-refractivity contribution in [2.24, 2.45) is 0 Å². The van der Waals surface area contributed by atoms with Crippen LogP contribution in [0.4, 0.5) is 5.69 Å². The van der Waals surface area contributed by atoms with E-state index in [4.69, 9.17) is 5.11 Å². The van der Waals surface area contributed by atoms with Crippen molar-refractivity contribution in [3.05, 3.63) is 29.8 Å². The smallest absolute Gasteiger partial charge is 0.303 e. The van der Waals surface area contributed by atoms with Crippen molar-refractivity contribution >= 4 is 21.9 Å². The maximum atomic E-state index is 11.7. The highest BCUT2D eigenvalue weighted by Crippen LogP contribution is 2.13. The first kappa shape index (κ1) is 15.5. The van der Waals surface area contributed by atoms with Gasteiger partial charge in [-0.1, -0.05) is 12.1 Å². The first-order valence-electron chi connectivity index (χ1n) is 5.89. The van der Waals surface area contributed by atoms with Gasteiger partial charge in [0.1, 0.15) is 0 Å². The number of hydrogen-bond donors (Lipinski definition) is 3. The molecular weight excluding hydrogens is 268 g/mol. The fourth-order valence-electron chi connectivity index (χ4n) is 1.54. The van der Waals surface area contributed by atoms with Crippen LogP contribution < -0.4 is 9.44 Å². The average Bonchev–Trinajstić information content (AvgIpc) is 2.24. The van der Waals surface area contributed by atoms with Crippen LogP contribution in [-0.4, -0.2) is 25.5 Å². The number of carbonyl (C=O) groups is 1. The first-order valence-corrected chi connectivity index (χ1v) is 7.37. The first-order chi connectivity index (χ1) is 8.78. The quantitative estimate of drug-likeness (QED) is 0.705. The van der Waals surface area contributed by atoms with Crippen molar-refractivity contribution in [2.75, 3.05) is 4.72 Å². The summed E-state index contributed by atoms with van der Waals surface area (Å²) < 4.78 is 28.1. The molecular formula is C12H18N2O4S. The fraction of sp³-hybridized carbons (Fsp3) is 0.417. The molecule has 0 radical (unpaired) electrons. The Morgan fingerprint density at radius 1 is 1.37 bits per heavy atom. The van der Waals surface area contributed by atoms with Crippen LogP contribution in [0, 0.1) is 0 Å². The molecule has 0 saturated carbocycles. The Hall–Kier alpha value is -1.60. The van der Waals surface area contributed by atoms with E-state index in [1.807, 2.05) is 0 Å². The highest BCUT2D eigenvalue weighted by atomic mass is 32.2. The largest absolute Gasteiger partial charge is 0.481 e. The summed E-state index contributed by atoms with van der Waals surface area (Å²) >= 11 is 0. The summed E-state index contributed by atoms with van der Waals surface area (Å²) in [5.41, 5.74) is 1.18. The molecule has 0 aliphatic heterocycles. The van der Waals surface area contributed by atoms with Gasteiger partial charge in [-0.3, -0.25) is 9.52 Å². The van der Waals surface area contributed by atoms with E-state index in [0.717, 1.165) is 5.56 Å². The lowest BCUT2D eigenvalue weighted by atomic mass is 10.1. The molecule has 0 unspecified atom stereocenters. The van der Waals surface area contributed by atoms with Crippen molar-refractivity contribution in [1.29, 1.82) is 0 Å². The van der Waals surface area contributed by atoms with E-state index in [2.05, 4.69) is 9.44 Å². The van der Waals surface area contributed by atoms with Crippen LogP contribution >= 0.6 is 0 Å². The number of carboxylic acid groups (broad SMARTS) is 1. The Morgan fingerprint density at radius 3 is 2.63 bits per heavy atom. The van der Waals surface area contributed by atoms with Gasteiger partial charge < -0.3 is 5.11 Å². The van der Waals surface area contributed by atoms with Gasteiger partial charge in [0.25, 0.3) is 10.2 Å². The maximum Gasteiger partial charge on any atom is 0.303 e. The zero-order chi connectivity index (χ0) is 14.5. The van der Waals surface area contributed by atoms with Crippen LogP contribution in [-0.2, 0) is 21.4 Å². The van der Waals surface area contributed by atoms with E-state index in [9.17, 15) is 13.2 Å². The van der Waals surface area contributed by atoms with Gasteiger partial charge in [-0.05, 0) is 38.0 Å². The minimum atomic E-state index is -3.60. The number of hydrogen-bond acceptors (Lipinski definition) is 3. The third-order valence-electron chi connectivity index (χ3n) is 2.20. The van der Waals surface area contributed by atoms with Gasteiger partial charge in [-0.2, -0.15) is 13.1 Å². The summed E-state index contributed by atoms with van der Waals surface area (Å²) in [5.74, 6) is -0.882. The monoisotopic (exact) mass is 286 g/mol. The number of rotatable bonds is 7. The zero-order valence-corrected chi connectivity index (χ0v) is 11.7. The zero-order valence-electron chi connectivity index (χ0n) is 10.9. The van der Waals surface area contributed by atoms with E-state index < -0.39 is 16.2 Å². The minimum absolute atomic E-state index is 0.0143. The summed E-state index contributed by atoms with van der Waals surface area (Å²) in [5, 5.41) is 8.61. The maximum absolute atomic E-state index is 11.7. The van der Waals surface area contributed by atoms with Crippen LogP contribution in [0.25, 0.3) is 0 Å². The van der Waals surface area contributed by atoms with E-state index in [0.29, 0.717) is 12.1 Å². The molecule has 0 saturated heterocycles. The standard InChI is InChI=1S/C12H18N2O4S/c1-9(2)13-19(17,18)14-11-5-3-4-10(8-11)6-7-12(15)16/h3-5,8-9,13-14H,6-7H2,1-2H3,(H,15,16). The minimum Gasteiger partial charge on any atom is -0.481 e. The predicted octanol–water partition coefficient (Wildman–Crippen LogP) is 1.36. The molecule has 0 heterocycles. The molecule has 0 bridgehead atoms. The summed E-state index contributed by atoms with van der Waals surface area (Å²) in [4.78, 5) is 10.5. The second-order valence-corrected chi connectivity index (χ2v) is 5.92. The van der Waals surface area contributed by atoms with Crippen molar-refractivity contribution in [1.82, 2.24) is 4.72 Å². The molecule has 19 heavy (non-hydrogen) atoms. The number of carboxylic acids is 1. The molecule has 0 spiro atoms. The fourth-order valence-corrected chi connectivity index (χ4v) is 2.65. The molecule has 3 N–H and O–H groups in total. The molecule has 0 aliphatic carbocycles. The Morgan fingerprint density at radius 2 is 2.05 bits per heavy atom. The van der Waals surface area contributed by atoms with Crippen LogP contribution in [0.15, 0.2) is 24.3 Å². The number of anilines is 1. The Bertz CT molecular complexity index is 540. The van der Waals surface area contributed by atoms with Gasteiger partial charge >= 0.3 is 5.97 Å². The number of aliphatic carboxylic acids is 1. The van der Waals surface area contributed by atoms with Crippen molar-refractivity contribution in [3.8, 4) is 0 Å². The molecule has 106 valence electrons. The van der Waals surface area contributed by atoms with Gasteiger partial charge in [0.2, 0.25) is 0 Å². The molecule has 0 amide bonds. The molecule has 0 fully saturated rings. The van der Waals surface area contributed by atoms with E-state index >= 15 is 0 Å². The van der Waals surface area contributed by atoms with E-state index in [1.165, 1.54) is 0 Å². The highest BCUT2D eigenvalue weighted by Gasteiger charge is 2.11. The Labute approximate surface area is 113 Å². The summed E-state index contributed by atoms with van der Waals surface area (Å²) in [6, 6.07) is 6.49. The van der Waals surface area contributed by atoms with Gasteiger partial charge in [0.15, 0.2) is 0 Å². The van der Waals surface area contributed by atoms with E-state index in [-0.39, 0.29) is 12.5 Å². The van der Waals surface area contributed by atoms with Crippen LogP contribution in [0.5, 0.6) is 0 Å². The number of nitrogens with one attached hydrogen (secondary N) is 2. The molecule has 1 aromatic carbocycles. The molecule has 0 atom stereocenters. The third kappa shape index (κ3) is 6.21. The van der Waals surface area contributed by atoms with Crippen LogP contribution in [0.1, 0.15) is 25.8 Å². The summed E-state index contributed by atoms with van der Waals surface area (Å²) in [6.07, 6.45) is 0.378. The second kappa shape index (κ2) is 6.53. The number of benzene rings is 1. The third-order valence-corrected chi connectivity index (χ3v) is 3.48. The average molecular weight is 286 g/mol. The van der Waals surface area contributed by atoms with Gasteiger partial charge in [-0.25, -0.2) is 0 Å². The van der Waals surface area contributed by atoms with Crippen LogP contribution in [0.3, 0.4) is 0 Å². The second-order valence-electron chi connectivity index (χ2n) is 4.47. The summed E-state index contributed by atoms with van der Waals surface area (Å²) in [7, 11) is -3.60. The molecule has 6 nitrogen and oxygen atoms in total. The topological polar surface area (TPSA) is 95.5 Å². The van der Waals surface area contributed by atoms with Crippen LogP contribution in [0.2, 0.25) is 0 Å². The molecule has 0 aromatic heterocycles. The Kier molecular flexibility index (Phi) is 5.31. The van der Waals surface area contributed by atoms with Gasteiger partial charge in [-0.15, -0.1) is 0 Å². The molecule has 1 rings (SSSR count). The van der Waals surface area contributed by atoms with Crippen molar-refractivity contribution in [3.63, 3.8) is 0 Å². The van der Waals surface area contributed by atoms with Crippen molar-refractivity contribution < 1.29 is 18.3 Å². The number of aryl methyl sites for hydroxylation is 1. The SMILES string of the molecule is CC(C)NS(=O)(=O)Nc1cccc(CCC(=O)O)c1. The lowest BCUT2D eigenvalue weighted by molar-refractivity contribution is -0.136. The lowest BCUT2D eigenvalue weighted by Gasteiger charge is -2.12. The lowest BCUT2D eigenvalue weighted by Crippen LogP contribution is -2.35. The molecule has 0 aliphatic rings. The van der Waals surface area contributed by atoms with Crippen molar-refractivity contribution in [2.45, 2.75) is 32.7 Å². The Balaban J connectivity index is 2.74. The summed E-state index contributed by atoms with van der Waals surface area (Å²) in [6.45, 7) is 3.45. The highest BCUT2D eigenvalue weighted by molar-refractivity contribution is 7.90. The predicted molar refractivity (Wildman–Crippen MR) is 73.2 cm³/mol. The molecule has 1 aromatic rings. The van der Waals surface area contributed by atoms with Gasteiger partial charge in [0, 0.05) is 12.5 Å².